The largest absolute Gasteiger partial charge is 0.511 e. The molecule has 1 saturated carbocycles. The van der Waals surface area contributed by atoms with Crippen molar-refractivity contribution < 1.29 is 29.7 Å². The molecular weight excluding hydrogens is 376 g/mol. The van der Waals surface area contributed by atoms with Crippen LogP contribution in [0.3, 0.4) is 0 Å². The van der Waals surface area contributed by atoms with E-state index in [9.17, 15) is 29.7 Å². The molecule has 3 unspecified atom stereocenters. The normalized spacial score (nSPS) is 26.1. The number of aliphatic hydroxyl groups is 2. The highest BCUT2D eigenvalue weighted by Crippen LogP contribution is 2.50. The molecule has 0 spiro atoms. The maximum absolute atomic E-state index is 13.2. The van der Waals surface area contributed by atoms with Crippen LogP contribution in [0.2, 0.25) is 0 Å². The molecule has 3 aliphatic carbocycles. The summed E-state index contributed by atoms with van der Waals surface area (Å²) in [5.74, 6) is -5.13. The minimum Gasteiger partial charge on any atom is -0.511 e. The summed E-state index contributed by atoms with van der Waals surface area (Å²) in [7, 11) is 3.66. The Labute approximate surface area is 166 Å². The number of hydrogen-bond acceptors (Lipinski definition) is 7. The summed E-state index contributed by atoms with van der Waals surface area (Å²) in [6, 6.07) is 3.36. The molecule has 0 heterocycles. The summed E-state index contributed by atoms with van der Waals surface area (Å²) in [5.41, 5.74) is 6.48. The quantitative estimate of drug-likeness (QED) is 0.551. The van der Waals surface area contributed by atoms with Gasteiger partial charge in [0, 0.05) is 37.8 Å². The van der Waals surface area contributed by atoms with Gasteiger partial charge in [0.05, 0.1) is 11.5 Å². The van der Waals surface area contributed by atoms with Crippen molar-refractivity contribution in [1.82, 2.24) is 0 Å². The van der Waals surface area contributed by atoms with Crippen molar-refractivity contribution in [1.29, 1.82) is 0 Å². The van der Waals surface area contributed by atoms with Crippen LogP contribution in [-0.4, -0.2) is 46.9 Å². The van der Waals surface area contributed by atoms with E-state index in [0.29, 0.717) is 18.4 Å². The monoisotopic (exact) mass is 398 g/mol. The molecule has 8 heteroatoms. The molecule has 3 atom stereocenters. The van der Waals surface area contributed by atoms with Crippen LogP contribution in [0, 0.1) is 17.8 Å². The van der Waals surface area contributed by atoms with Crippen molar-refractivity contribution in [3.63, 3.8) is 0 Å². The molecule has 0 saturated heterocycles. The minimum atomic E-state index is -1.09. The van der Waals surface area contributed by atoms with Gasteiger partial charge in [-0.2, -0.15) is 0 Å². The van der Waals surface area contributed by atoms with Gasteiger partial charge in [-0.25, -0.2) is 0 Å². The van der Waals surface area contributed by atoms with E-state index in [1.807, 2.05) is 25.1 Å². The van der Waals surface area contributed by atoms with Crippen molar-refractivity contribution in [2.45, 2.75) is 19.3 Å². The van der Waals surface area contributed by atoms with E-state index in [2.05, 4.69) is 0 Å². The Balaban J connectivity index is 1.85. The Morgan fingerprint density at radius 2 is 1.83 bits per heavy atom. The first kappa shape index (κ1) is 19.0. The molecule has 4 rings (SSSR count). The lowest BCUT2D eigenvalue weighted by atomic mass is 9.61. The van der Waals surface area contributed by atoms with Gasteiger partial charge in [0.15, 0.2) is 11.6 Å². The van der Waals surface area contributed by atoms with E-state index in [1.165, 1.54) is 6.07 Å². The molecule has 3 aliphatic rings. The van der Waals surface area contributed by atoms with E-state index >= 15 is 0 Å². The predicted molar refractivity (Wildman–Crippen MR) is 104 cm³/mol. The average molecular weight is 398 g/mol. The highest BCUT2D eigenvalue weighted by molar-refractivity contribution is 6.21. The highest BCUT2D eigenvalue weighted by Gasteiger charge is 2.50. The Morgan fingerprint density at radius 1 is 1.14 bits per heavy atom. The molecule has 0 aromatic heterocycles. The maximum Gasteiger partial charge on any atom is 0.255 e. The lowest BCUT2D eigenvalue weighted by Gasteiger charge is -2.41. The Morgan fingerprint density at radius 3 is 2.45 bits per heavy atom. The number of benzene rings is 1. The van der Waals surface area contributed by atoms with E-state index in [4.69, 9.17) is 5.73 Å². The minimum absolute atomic E-state index is 0.0564. The number of aliphatic hydroxyl groups excluding tert-OH is 2. The number of aromatic hydroxyl groups is 1. The van der Waals surface area contributed by atoms with Gasteiger partial charge in [0.1, 0.15) is 22.8 Å². The predicted octanol–water partition coefficient (Wildman–Crippen LogP) is 1.38. The molecule has 29 heavy (non-hydrogen) atoms. The molecule has 152 valence electrons. The molecule has 0 radical (unpaired) electrons. The Kier molecular flexibility index (Phi) is 4.18. The molecule has 1 aromatic rings. The van der Waals surface area contributed by atoms with Crippen molar-refractivity contribution in [2.24, 2.45) is 23.5 Å². The fourth-order valence-electron chi connectivity index (χ4n) is 4.91. The smallest absolute Gasteiger partial charge is 0.255 e. The summed E-state index contributed by atoms with van der Waals surface area (Å²) in [4.78, 5) is 38.9. The van der Waals surface area contributed by atoms with Gasteiger partial charge in [-0.3, -0.25) is 14.4 Å². The van der Waals surface area contributed by atoms with Crippen molar-refractivity contribution >= 4 is 28.9 Å². The zero-order valence-electron chi connectivity index (χ0n) is 16.1. The van der Waals surface area contributed by atoms with E-state index in [0.717, 1.165) is 5.69 Å². The number of carbonyl (C=O) groups is 3. The number of phenolic OH excluding ortho intramolecular Hbond substituents is 1. The number of allylic oxidation sites excluding steroid dienone is 2. The SMILES string of the molecule is CN(C)c1cc(O)c2c(c1)CC1CC3CC(=O)C(C(N)=O)=C(O)C3C(=O)C1=C2O. The fourth-order valence-corrected chi connectivity index (χ4v) is 4.91. The van der Waals surface area contributed by atoms with Crippen molar-refractivity contribution in [2.75, 3.05) is 19.0 Å². The third kappa shape index (κ3) is 2.70. The number of carbonyl (C=O) groups excluding carboxylic acids is 3. The number of amides is 1. The summed E-state index contributed by atoms with van der Waals surface area (Å²) >= 11 is 0. The standard InChI is InChI=1S/C21H22N2O6/c1-23(2)11-5-9-3-8-4-10-6-12(24)17(21(22)29)20(28)16(10)19(27)15(8)18(26)14(9)13(25)7-11/h5,7-8,10,16,25-26,28H,3-4,6H2,1-2H3,(H2,22,29). The number of nitrogens with two attached hydrogens (primary N) is 1. The van der Waals surface area contributed by atoms with Crippen LogP contribution in [0.15, 0.2) is 29.0 Å². The Hall–Kier alpha value is -3.29. The lowest BCUT2D eigenvalue weighted by Crippen LogP contribution is -2.44. The molecular formula is C21H22N2O6. The fraction of sp³-hybridized carbons (Fsp3) is 0.381. The summed E-state index contributed by atoms with van der Waals surface area (Å²) in [6.07, 6.45) is 0.753. The molecule has 5 N–H and O–H groups in total. The highest BCUT2D eigenvalue weighted by atomic mass is 16.3. The first-order valence-electron chi connectivity index (χ1n) is 9.38. The second-order valence-corrected chi connectivity index (χ2v) is 8.15. The Bertz CT molecular complexity index is 1040. The van der Waals surface area contributed by atoms with Crippen LogP contribution < -0.4 is 10.6 Å². The first-order chi connectivity index (χ1) is 13.6. The van der Waals surface area contributed by atoms with E-state index < -0.39 is 40.6 Å². The van der Waals surface area contributed by atoms with Crippen molar-refractivity contribution in [3.05, 3.63) is 40.2 Å². The number of nitrogens with zero attached hydrogens (tertiary/aromatic N) is 1. The van der Waals surface area contributed by atoms with Gasteiger partial charge < -0.3 is 26.0 Å². The lowest BCUT2D eigenvalue weighted by molar-refractivity contribution is -0.127. The van der Waals surface area contributed by atoms with Crippen molar-refractivity contribution in [3.8, 4) is 5.75 Å². The maximum atomic E-state index is 13.2. The molecule has 1 amide bonds. The van der Waals surface area contributed by atoms with E-state index in [-0.39, 0.29) is 35.0 Å². The summed E-state index contributed by atoms with van der Waals surface area (Å²) in [5, 5.41) is 31.8. The molecule has 1 aromatic carbocycles. The number of ketones is 2. The molecule has 0 aliphatic heterocycles. The van der Waals surface area contributed by atoms with Gasteiger partial charge in [-0.05, 0) is 36.3 Å². The first-order valence-corrected chi connectivity index (χ1v) is 9.38. The summed E-state index contributed by atoms with van der Waals surface area (Å²) in [6.45, 7) is 0. The van der Waals surface area contributed by atoms with Crippen LogP contribution in [0.1, 0.15) is 24.0 Å². The zero-order valence-corrected chi connectivity index (χ0v) is 16.1. The van der Waals surface area contributed by atoms with Gasteiger partial charge >= 0.3 is 0 Å². The number of anilines is 1. The van der Waals surface area contributed by atoms with Gasteiger partial charge in [-0.15, -0.1) is 0 Å². The third-order valence-corrected chi connectivity index (χ3v) is 6.20. The second kappa shape index (κ2) is 6.37. The van der Waals surface area contributed by atoms with Crippen LogP contribution in [0.4, 0.5) is 5.69 Å². The van der Waals surface area contributed by atoms with E-state index in [1.54, 1.807) is 0 Å². The average Bonchev–Trinajstić information content (AvgIpc) is 2.59. The number of fused-ring (bicyclic) bond motifs is 3. The zero-order chi connectivity index (χ0) is 21.2. The van der Waals surface area contributed by atoms with Crippen LogP contribution >= 0.6 is 0 Å². The number of hydrogen-bond donors (Lipinski definition) is 4. The molecule has 1 fully saturated rings. The number of phenols is 1. The van der Waals surface area contributed by atoms with Crippen LogP contribution in [-0.2, 0) is 20.8 Å². The number of rotatable bonds is 2. The number of primary amides is 1. The second-order valence-electron chi connectivity index (χ2n) is 8.15. The van der Waals surface area contributed by atoms with Crippen LogP contribution in [0.25, 0.3) is 5.76 Å². The van der Waals surface area contributed by atoms with Gasteiger partial charge in [0.25, 0.3) is 5.91 Å². The third-order valence-electron chi connectivity index (χ3n) is 6.20. The molecule has 8 nitrogen and oxygen atoms in total. The van der Waals surface area contributed by atoms with Gasteiger partial charge in [0.2, 0.25) is 0 Å². The van der Waals surface area contributed by atoms with Crippen LogP contribution in [0.5, 0.6) is 5.75 Å². The molecule has 0 bridgehead atoms. The van der Waals surface area contributed by atoms with Gasteiger partial charge in [-0.1, -0.05) is 0 Å². The number of Topliss-reactive ketones (excluding diaryl/α,β-unsaturated/α-hetero) is 2. The topological polar surface area (TPSA) is 141 Å². The summed E-state index contributed by atoms with van der Waals surface area (Å²) < 4.78 is 0.